The SMILES string of the molecule is O=c1[nH]ncc2ccccc12.Oc1ccccc1.Oc1ccccc1. The number of para-hydroxylation sites is 2. The van der Waals surface area contributed by atoms with Gasteiger partial charge in [-0.3, -0.25) is 4.79 Å². The van der Waals surface area contributed by atoms with Crippen LogP contribution in [-0.4, -0.2) is 20.4 Å². The summed E-state index contributed by atoms with van der Waals surface area (Å²) in [5.41, 5.74) is -0.136. The quantitative estimate of drug-likeness (QED) is 0.457. The Hall–Kier alpha value is -3.60. The molecule has 0 bridgehead atoms. The summed E-state index contributed by atoms with van der Waals surface area (Å²) in [6.07, 6.45) is 1.64. The van der Waals surface area contributed by atoms with Crippen LogP contribution in [0.3, 0.4) is 0 Å². The zero-order valence-corrected chi connectivity index (χ0v) is 13.4. The van der Waals surface area contributed by atoms with Crippen LogP contribution in [0.25, 0.3) is 10.8 Å². The van der Waals surface area contributed by atoms with Crippen molar-refractivity contribution in [3.63, 3.8) is 0 Å². The van der Waals surface area contributed by atoms with Crippen LogP contribution >= 0.6 is 0 Å². The molecular weight excluding hydrogens is 316 g/mol. The summed E-state index contributed by atoms with van der Waals surface area (Å²) < 4.78 is 0. The van der Waals surface area contributed by atoms with Gasteiger partial charge in [0.2, 0.25) is 0 Å². The molecule has 0 amide bonds. The number of aromatic hydroxyl groups is 2. The Morgan fingerprint density at radius 1 is 0.680 bits per heavy atom. The fourth-order valence-corrected chi connectivity index (χ4v) is 1.89. The van der Waals surface area contributed by atoms with Crippen LogP contribution in [0.5, 0.6) is 11.5 Å². The molecule has 1 heterocycles. The van der Waals surface area contributed by atoms with Crippen LogP contribution in [0.4, 0.5) is 0 Å². The van der Waals surface area contributed by atoms with E-state index in [4.69, 9.17) is 10.2 Å². The lowest BCUT2D eigenvalue weighted by Crippen LogP contribution is -2.06. The summed E-state index contributed by atoms with van der Waals surface area (Å²) in [6.45, 7) is 0. The van der Waals surface area contributed by atoms with E-state index in [-0.39, 0.29) is 5.56 Å². The third kappa shape index (κ3) is 6.19. The molecule has 5 nitrogen and oxygen atoms in total. The van der Waals surface area contributed by atoms with Gasteiger partial charge < -0.3 is 10.2 Å². The molecule has 1 aromatic heterocycles. The van der Waals surface area contributed by atoms with Crippen molar-refractivity contribution in [3.05, 3.63) is 101 Å². The molecule has 4 rings (SSSR count). The molecular formula is C20H18N2O3. The monoisotopic (exact) mass is 334 g/mol. The number of aromatic nitrogens is 2. The highest BCUT2D eigenvalue weighted by Crippen LogP contribution is 2.05. The normalized spacial score (nSPS) is 9.28. The van der Waals surface area contributed by atoms with Crippen molar-refractivity contribution >= 4 is 10.8 Å². The predicted octanol–water partition coefficient (Wildman–Crippen LogP) is 3.71. The minimum atomic E-state index is -0.136. The highest BCUT2D eigenvalue weighted by atomic mass is 16.3. The van der Waals surface area contributed by atoms with Gasteiger partial charge in [-0.2, -0.15) is 5.10 Å². The first-order chi connectivity index (χ1) is 12.2. The van der Waals surface area contributed by atoms with E-state index in [1.165, 1.54) is 0 Å². The second-order valence-electron chi connectivity index (χ2n) is 4.96. The molecule has 4 aromatic rings. The standard InChI is InChI=1S/C8H6N2O.2C6H6O/c11-8-7-4-2-1-3-6(7)5-9-10-8;2*7-6-4-2-1-3-5-6/h1-5H,(H,10,11);2*1-5,7H. The third-order valence-corrected chi connectivity index (χ3v) is 3.09. The highest BCUT2D eigenvalue weighted by molar-refractivity contribution is 5.80. The first kappa shape index (κ1) is 17.7. The van der Waals surface area contributed by atoms with E-state index in [9.17, 15) is 4.79 Å². The lowest BCUT2D eigenvalue weighted by Gasteiger charge is -1.91. The second kappa shape index (κ2) is 9.52. The molecule has 0 fully saturated rings. The van der Waals surface area contributed by atoms with Gasteiger partial charge >= 0.3 is 0 Å². The average Bonchev–Trinajstić information content (AvgIpc) is 2.65. The van der Waals surface area contributed by atoms with Crippen LogP contribution in [0.1, 0.15) is 0 Å². The maximum atomic E-state index is 11.1. The van der Waals surface area contributed by atoms with E-state index in [0.29, 0.717) is 16.9 Å². The lowest BCUT2D eigenvalue weighted by molar-refractivity contribution is 0.475. The number of phenolic OH excluding ortho intramolecular Hbond substituents is 2. The molecule has 25 heavy (non-hydrogen) atoms. The number of nitrogens with one attached hydrogen (secondary N) is 1. The molecule has 0 aliphatic heterocycles. The van der Waals surface area contributed by atoms with Gasteiger partial charge in [-0.1, -0.05) is 54.6 Å². The number of benzene rings is 3. The molecule has 0 atom stereocenters. The summed E-state index contributed by atoms with van der Waals surface area (Å²) in [4.78, 5) is 11.1. The van der Waals surface area contributed by atoms with Gasteiger partial charge in [0.25, 0.3) is 5.56 Å². The van der Waals surface area contributed by atoms with Gasteiger partial charge in [-0.25, -0.2) is 5.10 Å². The average molecular weight is 334 g/mol. The van der Waals surface area contributed by atoms with E-state index >= 15 is 0 Å². The fraction of sp³-hybridized carbons (Fsp3) is 0. The van der Waals surface area contributed by atoms with Gasteiger partial charge in [-0.05, 0) is 30.3 Å². The van der Waals surface area contributed by atoms with E-state index in [2.05, 4.69) is 10.2 Å². The van der Waals surface area contributed by atoms with Crippen LogP contribution in [0.15, 0.2) is 95.9 Å². The highest BCUT2D eigenvalue weighted by Gasteiger charge is 1.93. The Labute approximate surface area is 144 Å². The Morgan fingerprint density at radius 2 is 1.16 bits per heavy atom. The molecule has 0 unspecified atom stereocenters. The van der Waals surface area contributed by atoms with Crippen LogP contribution in [-0.2, 0) is 0 Å². The third-order valence-electron chi connectivity index (χ3n) is 3.09. The molecule has 0 saturated heterocycles. The van der Waals surface area contributed by atoms with Crippen molar-refractivity contribution in [2.45, 2.75) is 0 Å². The van der Waals surface area contributed by atoms with E-state index in [1.807, 2.05) is 30.3 Å². The zero-order chi connectivity index (χ0) is 17.9. The van der Waals surface area contributed by atoms with Crippen molar-refractivity contribution in [2.24, 2.45) is 0 Å². The minimum Gasteiger partial charge on any atom is -0.508 e. The summed E-state index contributed by atoms with van der Waals surface area (Å²) in [6, 6.07) is 24.8. The number of nitrogens with zero attached hydrogens (tertiary/aromatic N) is 1. The van der Waals surface area contributed by atoms with E-state index in [0.717, 1.165) is 5.39 Å². The van der Waals surface area contributed by atoms with Crippen molar-refractivity contribution in [3.8, 4) is 11.5 Å². The van der Waals surface area contributed by atoms with Crippen molar-refractivity contribution in [1.82, 2.24) is 10.2 Å². The van der Waals surface area contributed by atoms with Crippen molar-refractivity contribution in [2.75, 3.05) is 0 Å². The number of hydrogen-bond acceptors (Lipinski definition) is 4. The smallest absolute Gasteiger partial charge is 0.272 e. The van der Waals surface area contributed by atoms with Crippen LogP contribution in [0.2, 0.25) is 0 Å². The molecule has 3 N–H and O–H groups in total. The van der Waals surface area contributed by atoms with Crippen LogP contribution in [0, 0.1) is 0 Å². The van der Waals surface area contributed by atoms with Gasteiger partial charge in [0, 0.05) is 10.8 Å². The first-order valence-electron chi connectivity index (χ1n) is 7.57. The topological polar surface area (TPSA) is 86.2 Å². The summed E-state index contributed by atoms with van der Waals surface area (Å²) in [5.74, 6) is 0.644. The zero-order valence-electron chi connectivity index (χ0n) is 13.4. The Bertz CT molecular complexity index is 896. The Kier molecular flexibility index (Phi) is 6.76. The van der Waals surface area contributed by atoms with Gasteiger partial charge in [0.1, 0.15) is 11.5 Å². The number of hydrogen-bond donors (Lipinski definition) is 3. The van der Waals surface area contributed by atoms with Crippen LogP contribution < -0.4 is 5.56 Å². The minimum absolute atomic E-state index is 0.136. The van der Waals surface area contributed by atoms with Gasteiger partial charge in [0.15, 0.2) is 0 Å². The van der Waals surface area contributed by atoms with Crippen molar-refractivity contribution in [1.29, 1.82) is 0 Å². The van der Waals surface area contributed by atoms with Gasteiger partial charge in [0.05, 0.1) is 6.20 Å². The van der Waals surface area contributed by atoms with Gasteiger partial charge in [-0.15, -0.1) is 0 Å². The Balaban J connectivity index is 0.000000142. The maximum Gasteiger partial charge on any atom is 0.272 e. The van der Waals surface area contributed by atoms with E-state index in [1.54, 1.807) is 60.8 Å². The number of aromatic amines is 1. The number of rotatable bonds is 0. The molecule has 3 aromatic carbocycles. The molecule has 0 aliphatic rings. The molecule has 0 radical (unpaired) electrons. The Morgan fingerprint density at radius 3 is 1.60 bits per heavy atom. The fourth-order valence-electron chi connectivity index (χ4n) is 1.89. The molecule has 126 valence electrons. The lowest BCUT2D eigenvalue weighted by atomic mass is 10.2. The molecule has 0 aliphatic carbocycles. The summed E-state index contributed by atoms with van der Waals surface area (Å²) >= 11 is 0. The molecule has 5 heteroatoms. The largest absolute Gasteiger partial charge is 0.508 e. The number of phenols is 2. The number of fused-ring (bicyclic) bond motifs is 1. The van der Waals surface area contributed by atoms with E-state index < -0.39 is 0 Å². The summed E-state index contributed by atoms with van der Waals surface area (Å²) in [7, 11) is 0. The van der Waals surface area contributed by atoms with Crippen molar-refractivity contribution < 1.29 is 10.2 Å². The maximum absolute atomic E-state index is 11.1. The first-order valence-corrected chi connectivity index (χ1v) is 7.57. The molecule has 0 spiro atoms. The second-order valence-corrected chi connectivity index (χ2v) is 4.96. The summed E-state index contributed by atoms with van der Waals surface area (Å²) in [5, 5.41) is 24.9. The molecule has 0 saturated carbocycles. The number of H-pyrrole nitrogens is 1. The predicted molar refractivity (Wildman–Crippen MR) is 98.6 cm³/mol.